The highest BCUT2D eigenvalue weighted by molar-refractivity contribution is 7.81. The summed E-state index contributed by atoms with van der Waals surface area (Å²) in [6.07, 6.45) is 2.31. The highest BCUT2D eigenvalue weighted by Gasteiger charge is 2.34. The maximum absolute atomic E-state index is 12.8. The van der Waals surface area contributed by atoms with Gasteiger partial charge in [0.1, 0.15) is 10.8 Å². The molecule has 0 spiro atoms. The molecule has 7 heteroatoms. The van der Waals surface area contributed by atoms with Gasteiger partial charge in [-0.1, -0.05) is 30.4 Å². The Labute approximate surface area is 170 Å². The van der Waals surface area contributed by atoms with E-state index in [9.17, 15) is 4.79 Å². The third-order valence-electron chi connectivity index (χ3n) is 4.57. The molecule has 0 fully saturated rings. The van der Waals surface area contributed by atoms with Gasteiger partial charge < -0.3 is 21.7 Å². The average molecular weight is 396 g/mol. The summed E-state index contributed by atoms with van der Waals surface area (Å²) < 4.78 is 0. The van der Waals surface area contributed by atoms with E-state index in [0.29, 0.717) is 29.3 Å². The molecule has 0 saturated carbocycles. The molecule has 2 aromatic rings. The van der Waals surface area contributed by atoms with E-state index in [0.717, 1.165) is 22.5 Å². The topological polar surface area (TPSA) is 92.1 Å². The van der Waals surface area contributed by atoms with Crippen molar-refractivity contribution >= 4 is 34.6 Å². The van der Waals surface area contributed by atoms with Crippen LogP contribution in [0.1, 0.15) is 31.4 Å². The number of hydrogen-bond donors (Lipinski definition) is 4. The van der Waals surface area contributed by atoms with Crippen molar-refractivity contribution in [3.63, 3.8) is 0 Å². The summed E-state index contributed by atoms with van der Waals surface area (Å²) >= 11 is 5.60. The van der Waals surface area contributed by atoms with E-state index in [1.54, 1.807) is 6.20 Å². The number of nitrogens with zero attached hydrogens (tertiary/aromatic N) is 1. The van der Waals surface area contributed by atoms with Gasteiger partial charge in [0, 0.05) is 36.1 Å². The number of aryl methyl sites for hydroxylation is 1. The largest absolute Gasteiger partial charge is 0.384 e. The van der Waals surface area contributed by atoms with E-state index < -0.39 is 0 Å². The zero-order valence-corrected chi connectivity index (χ0v) is 17.1. The Morgan fingerprint density at radius 2 is 2.07 bits per heavy atom. The van der Waals surface area contributed by atoms with Gasteiger partial charge in [-0.3, -0.25) is 4.79 Å². The van der Waals surface area contributed by atoms with Crippen molar-refractivity contribution < 1.29 is 4.79 Å². The number of para-hydroxylation sites is 1. The maximum atomic E-state index is 12.8. The van der Waals surface area contributed by atoms with Gasteiger partial charge in [0.2, 0.25) is 0 Å². The summed E-state index contributed by atoms with van der Waals surface area (Å²) in [5, 5.41) is 9.64. The maximum Gasteiger partial charge on any atom is 0.256 e. The van der Waals surface area contributed by atoms with Crippen LogP contribution in [-0.2, 0) is 11.3 Å². The molecule has 1 aliphatic heterocycles. The number of pyridine rings is 1. The molecular formula is C21H25N5OS. The molecule has 6 nitrogen and oxygen atoms in total. The minimum absolute atomic E-state index is 0.181. The molecule has 0 radical (unpaired) electrons. The molecule has 0 atom stereocenters. The van der Waals surface area contributed by atoms with Crippen molar-refractivity contribution in [2.75, 3.05) is 11.1 Å². The Morgan fingerprint density at radius 1 is 1.32 bits per heavy atom. The molecule has 1 aliphatic rings. The van der Waals surface area contributed by atoms with Gasteiger partial charge in [-0.25, -0.2) is 4.98 Å². The number of amides is 1. The predicted molar refractivity (Wildman–Crippen MR) is 117 cm³/mol. The fourth-order valence-electron chi connectivity index (χ4n) is 3.18. The number of anilines is 2. The van der Waals surface area contributed by atoms with Crippen molar-refractivity contribution in [3.8, 4) is 0 Å². The van der Waals surface area contributed by atoms with Crippen LogP contribution in [0.25, 0.3) is 0 Å². The summed E-state index contributed by atoms with van der Waals surface area (Å²) in [5.74, 6) is 0.283. The SMILES string of the molecule is Cc1ccccc1NC(=S)C1=C(NCc2ccnc(N)c2)CC(C)(C)NC1=O. The van der Waals surface area contributed by atoms with E-state index >= 15 is 0 Å². The molecule has 2 heterocycles. The first kappa shape index (κ1) is 19.8. The third kappa shape index (κ3) is 4.67. The molecule has 28 heavy (non-hydrogen) atoms. The van der Waals surface area contributed by atoms with Crippen molar-refractivity contribution in [2.24, 2.45) is 0 Å². The van der Waals surface area contributed by atoms with Gasteiger partial charge in [0.25, 0.3) is 5.91 Å². The zero-order valence-electron chi connectivity index (χ0n) is 16.3. The first-order valence-electron chi connectivity index (χ1n) is 9.12. The second-order valence-corrected chi connectivity index (χ2v) is 7.99. The monoisotopic (exact) mass is 395 g/mol. The fraction of sp³-hybridized carbons (Fsp3) is 0.286. The van der Waals surface area contributed by atoms with Gasteiger partial charge in [-0.2, -0.15) is 0 Å². The number of nitrogen functional groups attached to an aromatic ring is 1. The lowest BCUT2D eigenvalue weighted by Crippen LogP contribution is -2.51. The number of benzene rings is 1. The van der Waals surface area contributed by atoms with Crippen LogP contribution >= 0.6 is 12.2 Å². The average Bonchev–Trinajstić information content (AvgIpc) is 2.60. The highest BCUT2D eigenvalue weighted by Crippen LogP contribution is 2.26. The molecule has 146 valence electrons. The Morgan fingerprint density at radius 3 is 2.79 bits per heavy atom. The molecule has 1 amide bonds. The number of rotatable bonds is 5. The fourth-order valence-corrected chi connectivity index (χ4v) is 3.51. The van der Waals surface area contributed by atoms with Crippen molar-refractivity contribution in [1.29, 1.82) is 0 Å². The number of nitrogens with one attached hydrogen (secondary N) is 3. The highest BCUT2D eigenvalue weighted by atomic mass is 32.1. The minimum Gasteiger partial charge on any atom is -0.384 e. The summed E-state index contributed by atoms with van der Waals surface area (Å²) in [6.45, 7) is 6.51. The summed E-state index contributed by atoms with van der Waals surface area (Å²) in [7, 11) is 0. The van der Waals surface area contributed by atoms with Crippen molar-refractivity contribution in [3.05, 3.63) is 65.0 Å². The van der Waals surface area contributed by atoms with Crippen LogP contribution in [0.15, 0.2) is 53.9 Å². The number of aromatic nitrogens is 1. The van der Waals surface area contributed by atoms with Crippen LogP contribution in [0, 0.1) is 6.92 Å². The first-order chi connectivity index (χ1) is 13.2. The Kier molecular flexibility index (Phi) is 5.65. The van der Waals surface area contributed by atoms with E-state index in [-0.39, 0.29) is 11.4 Å². The Bertz CT molecular complexity index is 951. The molecule has 1 aromatic heterocycles. The molecular weight excluding hydrogens is 370 g/mol. The van der Waals surface area contributed by atoms with Crippen LogP contribution in [-0.4, -0.2) is 21.4 Å². The third-order valence-corrected chi connectivity index (χ3v) is 4.88. The van der Waals surface area contributed by atoms with Gasteiger partial charge in [0.15, 0.2) is 0 Å². The standard InChI is InChI=1S/C21H25N5OS/c1-13-6-4-5-7-15(13)25-20(28)18-16(11-21(2,3)26-19(18)27)24-12-14-8-9-23-17(22)10-14/h4-10,24H,11-12H2,1-3H3,(H2,22,23)(H,25,28)(H,26,27). The van der Waals surface area contributed by atoms with Crippen molar-refractivity contribution in [1.82, 2.24) is 15.6 Å². The number of hydrogen-bond acceptors (Lipinski definition) is 5. The molecule has 0 aliphatic carbocycles. The quantitative estimate of drug-likeness (QED) is 0.582. The lowest BCUT2D eigenvalue weighted by atomic mass is 9.90. The molecule has 5 N–H and O–H groups in total. The number of carbonyl (C=O) groups is 1. The second kappa shape index (κ2) is 7.98. The number of carbonyl (C=O) groups excluding carboxylic acids is 1. The second-order valence-electron chi connectivity index (χ2n) is 7.58. The normalized spacial score (nSPS) is 15.8. The molecule has 0 bridgehead atoms. The molecule has 0 saturated heterocycles. The van der Waals surface area contributed by atoms with E-state index in [4.69, 9.17) is 18.0 Å². The lowest BCUT2D eigenvalue weighted by Gasteiger charge is -2.34. The molecule has 1 aromatic carbocycles. The lowest BCUT2D eigenvalue weighted by molar-refractivity contribution is -0.119. The Balaban J connectivity index is 1.88. The summed E-state index contributed by atoms with van der Waals surface area (Å²) in [6, 6.07) is 11.5. The van der Waals surface area contributed by atoms with Gasteiger partial charge >= 0.3 is 0 Å². The summed E-state index contributed by atoms with van der Waals surface area (Å²) in [5.41, 5.74) is 9.62. The molecule has 0 unspecified atom stereocenters. The van der Waals surface area contributed by atoms with Gasteiger partial charge in [-0.15, -0.1) is 0 Å². The van der Waals surface area contributed by atoms with Crippen LogP contribution in [0.2, 0.25) is 0 Å². The van der Waals surface area contributed by atoms with Crippen LogP contribution in [0.3, 0.4) is 0 Å². The summed E-state index contributed by atoms with van der Waals surface area (Å²) in [4.78, 5) is 17.2. The smallest absolute Gasteiger partial charge is 0.256 e. The van der Waals surface area contributed by atoms with E-state index in [2.05, 4.69) is 20.9 Å². The van der Waals surface area contributed by atoms with Crippen LogP contribution < -0.4 is 21.7 Å². The minimum atomic E-state index is -0.363. The predicted octanol–water partition coefficient (Wildman–Crippen LogP) is 3.05. The van der Waals surface area contributed by atoms with Crippen LogP contribution in [0.4, 0.5) is 11.5 Å². The van der Waals surface area contributed by atoms with Gasteiger partial charge in [0.05, 0.1) is 5.57 Å². The van der Waals surface area contributed by atoms with Crippen molar-refractivity contribution in [2.45, 2.75) is 39.3 Å². The zero-order chi connectivity index (χ0) is 20.3. The van der Waals surface area contributed by atoms with E-state index in [1.165, 1.54) is 0 Å². The van der Waals surface area contributed by atoms with Crippen LogP contribution in [0.5, 0.6) is 0 Å². The first-order valence-corrected chi connectivity index (χ1v) is 9.53. The van der Waals surface area contributed by atoms with Gasteiger partial charge in [-0.05, 0) is 50.1 Å². The number of nitrogens with two attached hydrogens (primary N) is 1. The molecule has 3 rings (SSSR count). The van der Waals surface area contributed by atoms with E-state index in [1.807, 2.05) is 57.2 Å². The Hall–Kier alpha value is -2.93. The number of thiocarbonyl (C=S) groups is 1.